The first kappa shape index (κ1) is 18.1. The molecule has 0 aromatic heterocycles. The van der Waals surface area contributed by atoms with Crippen LogP contribution in [0.4, 0.5) is 28.9 Å². The maximum Gasteiger partial charge on any atom is 0.266 e. The van der Waals surface area contributed by atoms with E-state index in [1.807, 2.05) is 36.4 Å². The Morgan fingerprint density at radius 3 is 2.36 bits per heavy atom. The standard InChI is InChI=1S/C20H19F4N3S/c21-19(22)5-7-26(11-19)13-1-3-15-17(9-13)28-18-10-14(2-4-16(18)25-15)27-8-6-20(23,24)12-27/h1-4,9-10,17H,5-8,11-12H2. The first-order valence-corrected chi connectivity index (χ1v) is 10.2. The van der Waals surface area contributed by atoms with Gasteiger partial charge >= 0.3 is 0 Å². The molecule has 3 heterocycles. The largest absolute Gasteiger partial charge is 0.365 e. The van der Waals surface area contributed by atoms with Crippen molar-refractivity contribution in [2.75, 3.05) is 31.1 Å². The number of allylic oxidation sites excluding steroid dienone is 2. The predicted octanol–water partition coefficient (Wildman–Crippen LogP) is 4.87. The van der Waals surface area contributed by atoms with Gasteiger partial charge in [-0.25, -0.2) is 17.6 Å². The molecule has 0 amide bonds. The van der Waals surface area contributed by atoms with Crippen molar-refractivity contribution in [2.24, 2.45) is 4.99 Å². The summed E-state index contributed by atoms with van der Waals surface area (Å²) in [6, 6.07) is 5.62. The molecule has 1 aliphatic carbocycles. The van der Waals surface area contributed by atoms with Crippen molar-refractivity contribution >= 4 is 28.8 Å². The number of hydrogen-bond acceptors (Lipinski definition) is 4. The molecule has 0 saturated carbocycles. The van der Waals surface area contributed by atoms with Gasteiger partial charge in [-0.3, -0.25) is 4.99 Å². The summed E-state index contributed by atoms with van der Waals surface area (Å²) < 4.78 is 54.2. The second kappa shape index (κ2) is 6.27. The Balaban J connectivity index is 1.38. The van der Waals surface area contributed by atoms with Crippen molar-refractivity contribution in [1.82, 2.24) is 4.90 Å². The Bertz CT molecular complexity index is 909. The van der Waals surface area contributed by atoms with Gasteiger partial charge in [0.15, 0.2) is 0 Å². The summed E-state index contributed by atoms with van der Waals surface area (Å²) in [5.74, 6) is -5.28. The molecule has 1 aromatic carbocycles. The smallest absolute Gasteiger partial charge is 0.266 e. The van der Waals surface area contributed by atoms with E-state index >= 15 is 0 Å². The molecule has 0 N–H and O–H groups in total. The molecule has 1 aromatic rings. The summed E-state index contributed by atoms with van der Waals surface area (Å²) in [5, 5.41) is -0.0583. The highest BCUT2D eigenvalue weighted by molar-refractivity contribution is 8.01. The van der Waals surface area contributed by atoms with Gasteiger partial charge in [-0.1, -0.05) is 0 Å². The van der Waals surface area contributed by atoms with E-state index in [0.717, 1.165) is 27.7 Å². The number of likely N-dealkylation sites (tertiary alicyclic amines) is 1. The monoisotopic (exact) mass is 409 g/mol. The first-order valence-electron chi connectivity index (χ1n) is 9.33. The Kier molecular flexibility index (Phi) is 4.05. The summed E-state index contributed by atoms with van der Waals surface area (Å²) >= 11 is 1.59. The number of rotatable bonds is 2. The molecule has 28 heavy (non-hydrogen) atoms. The average Bonchev–Trinajstić information content (AvgIpc) is 3.20. The van der Waals surface area contributed by atoms with Gasteiger partial charge in [0.05, 0.1) is 29.7 Å². The molecule has 5 rings (SSSR count). The number of benzene rings is 1. The van der Waals surface area contributed by atoms with Crippen molar-refractivity contribution < 1.29 is 17.6 Å². The lowest BCUT2D eigenvalue weighted by molar-refractivity contribution is 0.0154. The molecule has 1 atom stereocenters. The second-order valence-corrected chi connectivity index (χ2v) is 8.89. The summed E-state index contributed by atoms with van der Waals surface area (Å²) in [4.78, 5) is 9.03. The van der Waals surface area contributed by atoms with E-state index in [-0.39, 0.29) is 31.2 Å². The maximum absolute atomic E-state index is 13.5. The van der Waals surface area contributed by atoms with E-state index in [1.165, 1.54) is 0 Å². The van der Waals surface area contributed by atoms with Crippen LogP contribution in [0.2, 0.25) is 0 Å². The third-order valence-electron chi connectivity index (χ3n) is 5.56. The zero-order valence-electron chi connectivity index (χ0n) is 15.0. The molecule has 3 aliphatic heterocycles. The lowest BCUT2D eigenvalue weighted by Gasteiger charge is -2.28. The zero-order chi connectivity index (χ0) is 19.5. The number of hydrogen-bond donors (Lipinski definition) is 0. The molecule has 0 radical (unpaired) electrons. The minimum atomic E-state index is -2.64. The lowest BCUT2D eigenvalue weighted by atomic mass is 10.1. The topological polar surface area (TPSA) is 18.8 Å². The van der Waals surface area contributed by atoms with Crippen molar-refractivity contribution in [3.8, 4) is 0 Å². The predicted molar refractivity (Wildman–Crippen MR) is 103 cm³/mol. The minimum Gasteiger partial charge on any atom is -0.365 e. The average molecular weight is 409 g/mol. The van der Waals surface area contributed by atoms with Gasteiger partial charge in [-0.2, -0.15) is 0 Å². The Morgan fingerprint density at radius 1 is 0.964 bits per heavy atom. The van der Waals surface area contributed by atoms with Crippen LogP contribution in [0.15, 0.2) is 52.0 Å². The fourth-order valence-corrected chi connectivity index (χ4v) is 5.20. The highest BCUT2D eigenvalue weighted by Crippen LogP contribution is 2.43. The van der Waals surface area contributed by atoms with E-state index in [2.05, 4.69) is 4.99 Å². The van der Waals surface area contributed by atoms with Crippen LogP contribution in [0.25, 0.3) is 0 Å². The lowest BCUT2D eigenvalue weighted by Crippen LogP contribution is -2.28. The van der Waals surface area contributed by atoms with E-state index < -0.39 is 11.8 Å². The maximum atomic E-state index is 13.5. The van der Waals surface area contributed by atoms with E-state index in [9.17, 15) is 17.6 Å². The number of nitrogens with zero attached hydrogens (tertiary/aromatic N) is 3. The molecule has 0 spiro atoms. The molecule has 4 aliphatic rings. The molecule has 2 saturated heterocycles. The van der Waals surface area contributed by atoms with Crippen molar-refractivity contribution in [3.05, 3.63) is 42.1 Å². The fraction of sp³-hybridized carbons (Fsp3) is 0.450. The van der Waals surface area contributed by atoms with Crippen LogP contribution >= 0.6 is 11.8 Å². The number of thioether (sulfide) groups is 1. The molecule has 148 valence electrons. The number of alkyl halides is 4. The molecular formula is C20H19F4N3S. The van der Waals surface area contributed by atoms with E-state index in [1.54, 1.807) is 21.6 Å². The number of fused-ring (bicyclic) bond motifs is 2. The van der Waals surface area contributed by atoms with Crippen molar-refractivity contribution in [3.63, 3.8) is 0 Å². The van der Waals surface area contributed by atoms with Crippen LogP contribution in [-0.2, 0) is 0 Å². The Labute approximate surface area is 164 Å². The number of halogens is 4. The van der Waals surface area contributed by atoms with Gasteiger partial charge < -0.3 is 9.80 Å². The third kappa shape index (κ3) is 3.32. The minimum absolute atomic E-state index is 0.0583. The number of anilines is 1. The summed E-state index contributed by atoms with van der Waals surface area (Å²) in [7, 11) is 0. The summed E-state index contributed by atoms with van der Waals surface area (Å²) in [6.45, 7) is 0.169. The summed E-state index contributed by atoms with van der Waals surface area (Å²) in [6.07, 6.45) is 5.47. The van der Waals surface area contributed by atoms with Gasteiger partial charge in [0.25, 0.3) is 11.8 Å². The van der Waals surface area contributed by atoms with E-state index in [0.29, 0.717) is 13.1 Å². The Morgan fingerprint density at radius 2 is 1.68 bits per heavy atom. The molecule has 1 unspecified atom stereocenters. The fourth-order valence-electron chi connectivity index (χ4n) is 4.04. The van der Waals surface area contributed by atoms with Crippen molar-refractivity contribution in [1.29, 1.82) is 0 Å². The quantitative estimate of drug-likeness (QED) is 0.650. The molecule has 3 nitrogen and oxygen atoms in total. The normalized spacial score (nSPS) is 27.4. The molecule has 2 fully saturated rings. The van der Waals surface area contributed by atoms with Crippen LogP contribution in [0.1, 0.15) is 12.8 Å². The van der Waals surface area contributed by atoms with Crippen LogP contribution < -0.4 is 4.90 Å². The molecule has 0 bridgehead atoms. The highest BCUT2D eigenvalue weighted by atomic mass is 32.2. The first-order chi connectivity index (χ1) is 13.3. The molecule has 8 heteroatoms. The summed E-state index contributed by atoms with van der Waals surface area (Å²) in [5.41, 5.74) is 3.28. The van der Waals surface area contributed by atoms with Crippen LogP contribution in [0.3, 0.4) is 0 Å². The van der Waals surface area contributed by atoms with Gasteiger partial charge in [-0.05, 0) is 36.4 Å². The SMILES string of the molecule is FC1(F)CCN(C2=CC3Sc4cc(N5CCC(F)(F)C5)ccc4N=C3C=C2)C1. The van der Waals surface area contributed by atoms with Crippen LogP contribution in [0.5, 0.6) is 0 Å². The van der Waals surface area contributed by atoms with Crippen molar-refractivity contribution in [2.45, 2.75) is 34.8 Å². The Hall–Kier alpha value is -1.96. The molecular weight excluding hydrogens is 390 g/mol. The second-order valence-electron chi connectivity index (χ2n) is 7.71. The van der Waals surface area contributed by atoms with Crippen LogP contribution in [0, 0.1) is 0 Å². The zero-order valence-corrected chi connectivity index (χ0v) is 15.9. The van der Waals surface area contributed by atoms with Gasteiger partial charge in [0, 0.05) is 42.2 Å². The van der Waals surface area contributed by atoms with Crippen LogP contribution in [-0.4, -0.2) is 53.9 Å². The third-order valence-corrected chi connectivity index (χ3v) is 6.77. The van der Waals surface area contributed by atoms with E-state index in [4.69, 9.17) is 0 Å². The number of aliphatic imine (C=N–C) groups is 1. The van der Waals surface area contributed by atoms with Gasteiger partial charge in [0.1, 0.15) is 0 Å². The highest BCUT2D eigenvalue weighted by Gasteiger charge is 2.40. The van der Waals surface area contributed by atoms with Gasteiger partial charge in [-0.15, -0.1) is 11.8 Å². The van der Waals surface area contributed by atoms with Gasteiger partial charge in [0.2, 0.25) is 0 Å².